The van der Waals surface area contributed by atoms with Crippen molar-refractivity contribution in [2.75, 3.05) is 6.61 Å². The molecule has 76 valence electrons. The van der Waals surface area contributed by atoms with Gasteiger partial charge in [0.05, 0.1) is 12.2 Å². The summed E-state index contributed by atoms with van der Waals surface area (Å²) < 4.78 is 5.47. The van der Waals surface area contributed by atoms with E-state index < -0.39 is 0 Å². The molecule has 0 bridgehead atoms. The van der Waals surface area contributed by atoms with Crippen LogP contribution >= 0.6 is 0 Å². The molecular weight excluding hydrogens is 166 g/mol. The van der Waals surface area contributed by atoms with E-state index in [0.29, 0.717) is 18.2 Å². The first kappa shape index (κ1) is 9.44. The van der Waals surface area contributed by atoms with Crippen LogP contribution in [0.1, 0.15) is 32.6 Å². The van der Waals surface area contributed by atoms with Gasteiger partial charge >= 0.3 is 0 Å². The first-order valence-corrected chi connectivity index (χ1v) is 5.33. The molecule has 2 aliphatic rings. The first-order valence-electron chi connectivity index (χ1n) is 5.33. The molecule has 2 rings (SSSR count). The van der Waals surface area contributed by atoms with Gasteiger partial charge in [0.15, 0.2) is 0 Å². The van der Waals surface area contributed by atoms with Crippen molar-refractivity contribution in [3.05, 3.63) is 0 Å². The molecule has 3 heteroatoms. The van der Waals surface area contributed by atoms with Gasteiger partial charge in [0.25, 0.3) is 0 Å². The zero-order chi connectivity index (χ0) is 9.26. The predicted octanol–water partition coefficient (Wildman–Crippen LogP) is 0.667. The van der Waals surface area contributed by atoms with E-state index in [1.54, 1.807) is 0 Å². The SMILES string of the molecule is CC1OCCC1N[C@H]1CCC[C@@H]1O. The molecule has 0 amide bonds. The number of ether oxygens (including phenoxy) is 1. The molecule has 0 aromatic carbocycles. The molecule has 1 saturated heterocycles. The number of aliphatic hydroxyl groups excluding tert-OH is 1. The van der Waals surface area contributed by atoms with Crippen LogP contribution in [0, 0.1) is 0 Å². The standard InChI is InChI=1S/C10H19NO2/c1-7-8(5-6-13-7)11-9-3-2-4-10(9)12/h7-12H,2-6H2,1H3/t7?,8?,9-,10-/m0/s1. The highest BCUT2D eigenvalue weighted by molar-refractivity contribution is 4.89. The largest absolute Gasteiger partial charge is 0.392 e. The number of aliphatic hydroxyl groups is 1. The minimum Gasteiger partial charge on any atom is -0.392 e. The van der Waals surface area contributed by atoms with Crippen LogP contribution < -0.4 is 5.32 Å². The van der Waals surface area contributed by atoms with Crippen LogP contribution in [-0.2, 0) is 4.74 Å². The van der Waals surface area contributed by atoms with E-state index in [4.69, 9.17) is 4.74 Å². The molecule has 2 unspecified atom stereocenters. The van der Waals surface area contributed by atoms with Crippen LogP contribution in [0.2, 0.25) is 0 Å². The molecular formula is C10H19NO2. The van der Waals surface area contributed by atoms with Gasteiger partial charge in [0, 0.05) is 18.7 Å². The van der Waals surface area contributed by atoms with Gasteiger partial charge in [-0.3, -0.25) is 0 Å². The van der Waals surface area contributed by atoms with Gasteiger partial charge < -0.3 is 15.2 Å². The summed E-state index contributed by atoms with van der Waals surface area (Å²) in [5, 5.41) is 13.1. The van der Waals surface area contributed by atoms with Crippen molar-refractivity contribution in [2.45, 2.75) is 56.9 Å². The average molecular weight is 185 g/mol. The van der Waals surface area contributed by atoms with E-state index in [9.17, 15) is 5.11 Å². The third kappa shape index (κ3) is 2.03. The predicted molar refractivity (Wildman–Crippen MR) is 50.6 cm³/mol. The molecule has 2 N–H and O–H groups in total. The van der Waals surface area contributed by atoms with Crippen LogP contribution in [0.25, 0.3) is 0 Å². The molecule has 1 saturated carbocycles. The van der Waals surface area contributed by atoms with Crippen molar-refractivity contribution in [3.63, 3.8) is 0 Å². The Morgan fingerprint density at radius 1 is 1.23 bits per heavy atom. The number of hydrogen-bond donors (Lipinski definition) is 2. The molecule has 0 aromatic rings. The quantitative estimate of drug-likeness (QED) is 0.664. The van der Waals surface area contributed by atoms with E-state index in [-0.39, 0.29) is 6.10 Å². The summed E-state index contributed by atoms with van der Waals surface area (Å²) in [7, 11) is 0. The van der Waals surface area contributed by atoms with Gasteiger partial charge in [0.2, 0.25) is 0 Å². The van der Waals surface area contributed by atoms with E-state index in [1.165, 1.54) is 0 Å². The van der Waals surface area contributed by atoms with Crippen molar-refractivity contribution >= 4 is 0 Å². The van der Waals surface area contributed by atoms with Crippen LogP contribution in [0.5, 0.6) is 0 Å². The topological polar surface area (TPSA) is 41.5 Å². The molecule has 1 aliphatic carbocycles. The van der Waals surface area contributed by atoms with Gasteiger partial charge in [-0.05, 0) is 32.6 Å². The summed E-state index contributed by atoms with van der Waals surface area (Å²) >= 11 is 0. The summed E-state index contributed by atoms with van der Waals surface area (Å²) in [6.45, 7) is 2.97. The molecule has 0 aromatic heterocycles. The fourth-order valence-corrected chi connectivity index (χ4v) is 2.36. The van der Waals surface area contributed by atoms with Crippen LogP contribution in [-0.4, -0.2) is 36.0 Å². The number of rotatable bonds is 2. The van der Waals surface area contributed by atoms with Gasteiger partial charge in [-0.25, -0.2) is 0 Å². The van der Waals surface area contributed by atoms with Gasteiger partial charge in [0.1, 0.15) is 0 Å². The number of hydrogen-bond acceptors (Lipinski definition) is 3. The maximum absolute atomic E-state index is 9.63. The monoisotopic (exact) mass is 185 g/mol. The molecule has 4 atom stereocenters. The van der Waals surface area contributed by atoms with Crippen LogP contribution in [0.15, 0.2) is 0 Å². The normalized spacial score (nSPS) is 45.7. The second-order valence-corrected chi connectivity index (χ2v) is 4.24. The van der Waals surface area contributed by atoms with Crippen LogP contribution in [0.4, 0.5) is 0 Å². The lowest BCUT2D eigenvalue weighted by molar-refractivity contribution is 0.0984. The summed E-state index contributed by atoms with van der Waals surface area (Å²) in [5.74, 6) is 0. The fourth-order valence-electron chi connectivity index (χ4n) is 2.36. The fraction of sp³-hybridized carbons (Fsp3) is 1.00. The van der Waals surface area contributed by atoms with E-state index in [0.717, 1.165) is 32.3 Å². The third-order valence-electron chi connectivity index (χ3n) is 3.28. The summed E-state index contributed by atoms with van der Waals surface area (Å²) in [6, 6.07) is 0.770. The van der Waals surface area contributed by atoms with Crippen molar-refractivity contribution in [2.24, 2.45) is 0 Å². The number of nitrogens with one attached hydrogen (secondary N) is 1. The van der Waals surface area contributed by atoms with E-state index >= 15 is 0 Å². The average Bonchev–Trinajstić information content (AvgIpc) is 2.65. The van der Waals surface area contributed by atoms with E-state index in [1.807, 2.05) is 0 Å². The zero-order valence-corrected chi connectivity index (χ0v) is 8.20. The third-order valence-corrected chi connectivity index (χ3v) is 3.28. The van der Waals surface area contributed by atoms with Crippen LogP contribution in [0.3, 0.4) is 0 Å². The lowest BCUT2D eigenvalue weighted by Crippen LogP contribution is -2.45. The smallest absolute Gasteiger partial charge is 0.0700 e. The Balaban J connectivity index is 1.82. The summed E-state index contributed by atoms with van der Waals surface area (Å²) in [5.41, 5.74) is 0. The zero-order valence-electron chi connectivity index (χ0n) is 8.20. The lowest BCUT2D eigenvalue weighted by Gasteiger charge is -2.23. The Hall–Kier alpha value is -0.120. The first-order chi connectivity index (χ1) is 6.27. The molecule has 0 spiro atoms. The van der Waals surface area contributed by atoms with Gasteiger partial charge in [-0.2, -0.15) is 0 Å². The molecule has 0 radical (unpaired) electrons. The molecule has 13 heavy (non-hydrogen) atoms. The van der Waals surface area contributed by atoms with Crippen molar-refractivity contribution in [1.82, 2.24) is 5.32 Å². The Morgan fingerprint density at radius 2 is 2.08 bits per heavy atom. The van der Waals surface area contributed by atoms with Crippen molar-refractivity contribution in [3.8, 4) is 0 Å². The van der Waals surface area contributed by atoms with Gasteiger partial charge in [-0.15, -0.1) is 0 Å². The minimum absolute atomic E-state index is 0.132. The maximum Gasteiger partial charge on any atom is 0.0700 e. The molecule has 1 heterocycles. The van der Waals surface area contributed by atoms with Gasteiger partial charge in [-0.1, -0.05) is 0 Å². The van der Waals surface area contributed by atoms with Crippen molar-refractivity contribution < 1.29 is 9.84 Å². The Labute approximate surface area is 79.5 Å². The molecule has 1 aliphatic heterocycles. The van der Waals surface area contributed by atoms with E-state index in [2.05, 4.69) is 12.2 Å². The second-order valence-electron chi connectivity index (χ2n) is 4.24. The summed E-state index contributed by atoms with van der Waals surface area (Å²) in [4.78, 5) is 0. The highest BCUT2D eigenvalue weighted by Crippen LogP contribution is 2.22. The molecule has 3 nitrogen and oxygen atoms in total. The second kappa shape index (κ2) is 3.95. The Morgan fingerprint density at radius 3 is 2.62 bits per heavy atom. The van der Waals surface area contributed by atoms with Crippen molar-refractivity contribution in [1.29, 1.82) is 0 Å². The lowest BCUT2D eigenvalue weighted by atomic mass is 10.1. The highest BCUT2D eigenvalue weighted by atomic mass is 16.5. The Bertz CT molecular complexity index is 156. The maximum atomic E-state index is 9.63. The summed E-state index contributed by atoms with van der Waals surface area (Å²) in [6.07, 6.45) is 4.50. The Kier molecular flexibility index (Phi) is 2.86. The minimum atomic E-state index is -0.132. The highest BCUT2D eigenvalue weighted by Gasteiger charge is 2.31. The molecule has 2 fully saturated rings.